The first-order chi connectivity index (χ1) is 9.10. The first-order valence-electron chi connectivity index (χ1n) is 5.41. The predicted molar refractivity (Wildman–Crippen MR) is 77.6 cm³/mol. The van der Waals surface area contributed by atoms with Crippen LogP contribution in [0.2, 0.25) is 15.1 Å². The minimum absolute atomic E-state index is 0.292. The number of carbonyl (C=O) groups excluding carboxylic acids is 1. The van der Waals surface area contributed by atoms with Gasteiger partial charge in [0.15, 0.2) is 5.75 Å². The molecule has 19 heavy (non-hydrogen) atoms. The van der Waals surface area contributed by atoms with Gasteiger partial charge in [-0.25, -0.2) is 0 Å². The lowest BCUT2D eigenvalue weighted by Crippen LogP contribution is -1.97. The van der Waals surface area contributed by atoms with Crippen molar-refractivity contribution < 1.29 is 9.53 Å². The normalized spacial score (nSPS) is 10.3. The van der Waals surface area contributed by atoms with Gasteiger partial charge in [0.05, 0.1) is 10.0 Å². The monoisotopic (exact) mass is 314 g/mol. The standard InChI is InChI=1S/C14H9Cl3O2/c15-11-3-1-2-9(4-11)8-19-14-12(16)5-10(7-18)6-13(14)17/h1-7H,8H2. The van der Waals surface area contributed by atoms with Crippen LogP contribution in [0.1, 0.15) is 15.9 Å². The molecule has 2 rings (SSSR count). The zero-order valence-electron chi connectivity index (χ0n) is 9.70. The molecule has 0 unspecified atom stereocenters. The summed E-state index contributed by atoms with van der Waals surface area (Å²) in [7, 11) is 0. The number of ether oxygens (including phenoxy) is 1. The Morgan fingerprint density at radius 1 is 1.05 bits per heavy atom. The molecule has 0 atom stereocenters. The van der Waals surface area contributed by atoms with E-state index in [-0.39, 0.29) is 0 Å². The van der Waals surface area contributed by atoms with Gasteiger partial charge in [-0.2, -0.15) is 0 Å². The first kappa shape index (κ1) is 14.2. The minimum Gasteiger partial charge on any atom is -0.486 e. The number of aldehydes is 1. The Morgan fingerprint density at radius 2 is 1.74 bits per heavy atom. The van der Waals surface area contributed by atoms with Gasteiger partial charge in [0.25, 0.3) is 0 Å². The van der Waals surface area contributed by atoms with Gasteiger partial charge >= 0.3 is 0 Å². The van der Waals surface area contributed by atoms with E-state index in [1.54, 1.807) is 12.1 Å². The molecule has 2 aromatic rings. The Hall–Kier alpha value is -1.22. The van der Waals surface area contributed by atoms with Gasteiger partial charge in [0.1, 0.15) is 12.9 Å². The maximum Gasteiger partial charge on any atom is 0.157 e. The van der Waals surface area contributed by atoms with Gasteiger partial charge in [-0.1, -0.05) is 46.9 Å². The first-order valence-corrected chi connectivity index (χ1v) is 6.55. The van der Waals surface area contributed by atoms with E-state index >= 15 is 0 Å². The summed E-state index contributed by atoms with van der Waals surface area (Å²) >= 11 is 17.9. The van der Waals surface area contributed by atoms with Crippen molar-refractivity contribution in [2.75, 3.05) is 0 Å². The van der Waals surface area contributed by atoms with E-state index in [2.05, 4.69) is 0 Å². The quantitative estimate of drug-likeness (QED) is 0.739. The molecule has 0 spiro atoms. The van der Waals surface area contributed by atoms with Gasteiger partial charge in [-0.05, 0) is 29.8 Å². The van der Waals surface area contributed by atoms with Crippen molar-refractivity contribution in [1.82, 2.24) is 0 Å². The maximum absolute atomic E-state index is 10.7. The van der Waals surface area contributed by atoms with Crippen molar-refractivity contribution in [2.45, 2.75) is 6.61 Å². The van der Waals surface area contributed by atoms with Crippen molar-refractivity contribution in [3.8, 4) is 5.75 Å². The highest BCUT2D eigenvalue weighted by molar-refractivity contribution is 6.37. The van der Waals surface area contributed by atoms with Crippen molar-refractivity contribution in [3.63, 3.8) is 0 Å². The molecule has 0 amide bonds. The van der Waals surface area contributed by atoms with Crippen LogP contribution in [-0.2, 0) is 6.61 Å². The second kappa shape index (κ2) is 6.29. The molecule has 0 radical (unpaired) electrons. The molecule has 0 fully saturated rings. The molecule has 2 nitrogen and oxygen atoms in total. The third-order valence-corrected chi connectivity index (χ3v) is 3.23. The molecule has 5 heteroatoms. The Bertz CT molecular complexity index is 588. The Labute approximate surface area is 125 Å². The molecule has 0 bridgehead atoms. The Balaban J connectivity index is 2.18. The van der Waals surface area contributed by atoms with Crippen molar-refractivity contribution >= 4 is 41.1 Å². The van der Waals surface area contributed by atoms with Crippen LogP contribution in [0, 0.1) is 0 Å². The molecule has 0 saturated carbocycles. The van der Waals surface area contributed by atoms with Gasteiger partial charge in [-0.3, -0.25) is 4.79 Å². The summed E-state index contributed by atoms with van der Waals surface area (Å²) in [6.45, 7) is 0.292. The average Bonchev–Trinajstić information content (AvgIpc) is 2.37. The van der Waals surface area contributed by atoms with E-state index in [4.69, 9.17) is 39.5 Å². The van der Waals surface area contributed by atoms with Crippen LogP contribution in [0.4, 0.5) is 0 Å². The predicted octanol–water partition coefficient (Wildman–Crippen LogP) is 5.04. The summed E-state index contributed by atoms with van der Waals surface area (Å²) in [5, 5.41) is 1.24. The summed E-state index contributed by atoms with van der Waals surface area (Å²) in [6.07, 6.45) is 0.679. The van der Waals surface area contributed by atoms with Crippen molar-refractivity contribution in [1.29, 1.82) is 0 Å². The number of halogens is 3. The summed E-state index contributed by atoms with van der Waals surface area (Å²) in [5.41, 5.74) is 1.31. The van der Waals surface area contributed by atoms with Gasteiger partial charge in [-0.15, -0.1) is 0 Å². The molecule has 0 saturated heterocycles. The SMILES string of the molecule is O=Cc1cc(Cl)c(OCc2cccc(Cl)c2)c(Cl)c1. The lowest BCUT2D eigenvalue weighted by atomic mass is 10.2. The summed E-state index contributed by atoms with van der Waals surface area (Å²) < 4.78 is 5.57. The molecule has 0 aromatic heterocycles. The Morgan fingerprint density at radius 3 is 2.32 bits per heavy atom. The largest absolute Gasteiger partial charge is 0.486 e. The topological polar surface area (TPSA) is 26.3 Å². The lowest BCUT2D eigenvalue weighted by molar-refractivity contribution is 0.112. The fourth-order valence-corrected chi connectivity index (χ4v) is 2.39. The van der Waals surface area contributed by atoms with E-state index in [0.717, 1.165) is 5.56 Å². The van der Waals surface area contributed by atoms with E-state index in [1.807, 2.05) is 12.1 Å². The van der Waals surface area contributed by atoms with Gasteiger partial charge in [0, 0.05) is 10.6 Å². The molecule has 0 aliphatic rings. The summed E-state index contributed by atoms with van der Waals surface area (Å²) in [6, 6.07) is 10.3. The number of rotatable bonds is 4. The zero-order chi connectivity index (χ0) is 13.8. The molecule has 2 aromatic carbocycles. The summed E-state index contributed by atoms with van der Waals surface area (Å²) in [5.74, 6) is 0.355. The highest BCUT2D eigenvalue weighted by Gasteiger charge is 2.10. The number of hydrogen-bond donors (Lipinski definition) is 0. The molecule has 0 N–H and O–H groups in total. The van der Waals surface area contributed by atoms with Crippen LogP contribution in [-0.4, -0.2) is 6.29 Å². The third-order valence-electron chi connectivity index (χ3n) is 2.43. The summed E-state index contributed by atoms with van der Waals surface area (Å²) in [4.78, 5) is 10.7. The molecular weight excluding hydrogens is 307 g/mol. The van der Waals surface area contributed by atoms with Crippen LogP contribution in [0.5, 0.6) is 5.75 Å². The van der Waals surface area contributed by atoms with Gasteiger partial charge < -0.3 is 4.74 Å². The van der Waals surface area contributed by atoms with E-state index < -0.39 is 0 Å². The van der Waals surface area contributed by atoms with Crippen LogP contribution in [0.15, 0.2) is 36.4 Å². The molecule has 0 heterocycles. The number of carbonyl (C=O) groups is 1. The highest BCUT2D eigenvalue weighted by atomic mass is 35.5. The zero-order valence-corrected chi connectivity index (χ0v) is 12.0. The second-order valence-electron chi connectivity index (χ2n) is 3.85. The average molecular weight is 316 g/mol. The maximum atomic E-state index is 10.7. The van der Waals surface area contributed by atoms with E-state index in [0.29, 0.717) is 39.3 Å². The molecule has 0 aliphatic heterocycles. The Kier molecular flexibility index (Phi) is 4.70. The highest BCUT2D eigenvalue weighted by Crippen LogP contribution is 2.34. The second-order valence-corrected chi connectivity index (χ2v) is 5.10. The van der Waals surface area contributed by atoms with Crippen LogP contribution in [0.3, 0.4) is 0 Å². The molecule has 0 aliphatic carbocycles. The fourth-order valence-electron chi connectivity index (χ4n) is 1.57. The molecular formula is C14H9Cl3O2. The van der Waals surface area contributed by atoms with Crippen molar-refractivity contribution in [2.24, 2.45) is 0 Å². The van der Waals surface area contributed by atoms with Gasteiger partial charge in [0.2, 0.25) is 0 Å². The van der Waals surface area contributed by atoms with Crippen LogP contribution < -0.4 is 4.74 Å². The number of hydrogen-bond acceptors (Lipinski definition) is 2. The smallest absolute Gasteiger partial charge is 0.157 e. The molecule has 98 valence electrons. The third kappa shape index (κ3) is 3.63. The van der Waals surface area contributed by atoms with E-state index in [1.165, 1.54) is 12.1 Å². The minimum atomic E-state index is 0.292. The van der Waals surface area contributed by atoms with Crippen molar-refractivity contribution in [3.05, 3.63) is 62.6 Å². The van der Waals surface area contributed by atoms with E-state index in [9.17, 15) is 4.79 Å². The number of benzene rings is 2. The van der Waals surface area contributed by atoms with Crippen LogP contribution in [0.25, 0.3) is 0 Å². The fraction of sp³-hybridized carbons (Fsp3) is 0.0714. The van der Waals surface area contributed by atoms with Crippen LogP contribution >= 0.6 is 34.8 Å². The lowest BCUT2D eigenvalue weighted by Gasteiger charge is -2.10.